The van der Waals surface area contributed by atoms with Crippen molar-refractivity contribution in [1.29, 1.82) is 0 Å². The van der Waals surface area contributed by atoms with Crippen molar-refractivity contribution in [3.05, 3.63) is 0 Å². The van der Waals surface area contributed by atoms with Crippen molar-refractivity contribution in [2.24, 2.45) is 17.3 Å². The molecule has 0 amide bonds. The Hall–Kier alpha value is -0.610. The van der Waals surface area contributed by atoms with Gasteiger partial charge in [-0.1, -0.05) is 0 Å². The summed E-state index contributed by atoms with van der Waals surface area (Å²) in [5, 5.41) is 10.6. The van der Waals surface area contributed by atoms with Gasteiger partial charge in [-0.05, 0) is 64.2 Å². The van der Waals surface area contributed by atoms with Gasteiger partial charge in [-0.15, -0.1) is 0 Å². The third-order valence-corrected chi connectivity index (χ3v) is 5.14. The molecule has 4 nitrogen and oxygen atoms in total. The van der Waals surface area contributed by atoms with Crippen LogP contribution in [0.25, 0.3) is 0 Å². The fraction of sp³-hybridized carbons (Fsp3) is 0.933. The van der Waals surface area contributed by atoms with Crippen molar-refractivity contribution in [3.63, 3.8) is 0 Å². The van der Waals surface area contributed by atoms with Crippen molar-refractivity contribution in [1.82, 2.24) is 0 Å². The fourth-order valence-electron chi connectivity index (χ4n) is 5.00. The van der Waals surface area contributed by atoms with E-state index >= 15 is 0 Å². The number of hydrogen-bond acceptors (Lipinski definition) is 4. The van der Waals surface area contributed by atoms with Crippen molar-refractivity contribution in [2.75, 3.05) is 6.61 Å². The minimum atomic E-state index is -0.613. The highest BCUT2D eigenvalue weighted by Crippen LogP contribution is 2.62. The molecule has 0 radical (unpaired) electrons. The molecule has 4 rings (SSSR count). The molecule has 3 unspecified atom stereocenters. The molecule has 4 saturated carbocycles. The minimum absolute atomic E-state index is 0.152. The molecule has 0 aromatic carbocycles. The predicted molar refractivity (Wildman–Crippen MR) is 69.2 cm³/mol. The van der Waals surface area contributed by atoms with Crippen LogP contribution in [0.1, 0.15) is 52.4 Å². The molecule has 0 aromatic heterocycles. The number of hydrogen-bond donors (Lipinski definition) is 1. The Bertz CT molecular complexity index is 364. The third-order valence-electron chi connectivity index (χ3n) is 5.14. The zero-order valence-corrected chi connectivity index (χ0v) is 11.9. The van der Waals surface area contributed by atoms with Crippen molar-refractivity contribution in [3.8, 4) is 0 Å². The van der Waals surface area contributed by atoms with E-state index in [9.17, 15) is 9.90 Å². The average Bonchev–Trinajstić information content (AvgIpc) is 2.25. The first kappa shape index (κ1) is 13.4. The molecule has 4 aliphatic carbocycles. The topological polar surface area (TPSA) is 55.8 Å². The first-order valence-corrected chi connectivity index (χ1v) is 7.50. The van der Waals surface area contributed by atoms with Gasteiger partial charge in [0.2, 0.25) is 0 Å². The van der Waals surface area contributed by atoms with Crippen LogP contribution >= 0.6 is 0 Å². The molecule has 1 N–H and O–H groups in total. The molecular formula is C15H24O4. The number of ether oxygens (including phenoxy) is 2. The molecule has 108 valence electrons. The number of carbonyl (C=O) groups excluding carboxylic acids is 1. The van der Waals surface area contributed by atoms with Crippen LogP contribution in [-0.2, 0) is 14.3 Å². The van der Waals surface area contributed by atoms with Crippen molar-refractivity contribution < 1.29 is 19.4 Å². The summed E-state index contributed by atoms with van der Waals surface area (Å²) >= 11 is 0. The molecule has 0 aromatic rings. The van der Waals surface area contributed by atoms with Gasteiger partial charge in [0.15, 0.2) is 6.29 Å². The second kappa shape index (κ2) is 4.45. The van der Waals surface area contributed by atoms with E-state index in [1.54, 1.807) is 6.92 Å². The standard InChI is InChI=1S/C15H24O4/c1-3-18-10(2)19-13(16)14-5-11-4-12(6-14)8-15(17,7-11)9-14/h10-12,17H,3-9H2,1-2H3. The van der Waals surface area contributed by atoms with E-state index in [-0.39, 0.29) is 5.97 Å². The summed E-state index contributed by atoms with van der Waals surface area (Å²) in [6.07, 6.45) is 4.81. The Kier molecular flexibility index (Phi) is 3.13. The van der Waals surface area contributed by atoms with E-state index in [1.807, 2.05) is 6.92 Å². The highest BCUT2D eigenvalue weighted by molar-refractivity contribution is 5.78. The second-order valence-electron chi connectivity index (χ2n) is 6.89. The van der Waals surface area contributed by atoms with Gasteiger partial charge in [-0.3, -0.25) is 4.79 Å². The SMILES string of the molecule is CCOC(C)OC(=O)C12CC3CC(CC(O)(C3)C1)C2. The van der Waals surface area contributed by atoms with Crippen LogP contribution in [0.15, 0.2) is 0 Å². The van der Waals surface area contributed by atoms with Gasteiger partial charge in [0.05, 0.1) is 11.0 Å². The van der Waals surface area contributed by atoms with Crippen LogP contribution in [0, 0.1) is 17.3 Å². The van der Waals surface area contributed by atoms with Gasteiger partial charge in [0.25, 0.3) is 0 Å². The number of esters is 1. The summed E-state index contributed by atoms with van der Waals surface area (Å²) in [4.78, 5) is 12.5. The van der Waals surface area contributed by atoms with Crippen molar-refractivity contribution >= 4 is 5.97 Å². The first-order chi connectivity index (χ1) is 8.95. The second-order valence-corrected chi connectivity index (χ2v) is 6.89. The van der Waals surface area contributed by atoms with Gasteiger partial charge in [0, 0.05) is 6.61 Å². The quantitative estimate of drug-likeness (QED) is 0.627. The van der Waals surface area contributed by atoms with E-state index in [0.717, 1.165) is 25.7 Å². The minimum Gasteiger partial charge on any atom is -0.436 e. The maximum Gasteiger partial charge on any atom is 0.314 e. The molecule has 4 aliphatic rings. The number of rotatable bonds is 4. The molecule has 0 spiro atoms. The lowest BCUT2D eigenvalue weighted by Crippen LogP contribution is -2.58. The van der Waals surface area contributed by atoms with E-state index in [1.165, 1.54) is 6.42 Å². The molecule has 0 aliphatic heterocycles. The zero-order chi connectivity index (χ0) is 13.7. The van der Waals surface area contributed by atoms with E-state index in [2.05, 4.69) is 0 Å². The van der Waals surface area contributed by atoms with E-state index in [0.29, 0.717) is 24.9 Å². The molecule has 19 heavy (non-hydrogen) atoms. The molecule has 0 saturated heterocycles. The molecule has 4 fully saturated rings. The summed E-state index contributed by atoms with van der Waals surface area (Å²) in [6.45, 7) is 4.19. The summed E-state index contributed by atoms with van der Waals surface area (Å²) in [6, 6.07) is 0. The van der Waals surface area contributed by atoms with Crippen LogP contribution < -0.4 is 0 Å². The van der Waals surface area contributed by atoms with Crippen LogP contribution in [0.5, 0.6) is 0 Å². The largest absolute Gasteiger partial charge is 0.436 e. The van der Waals surface area contributed by atoms with Gasteiger partial charge < -0.3 is 14.6 Å². The van der Waals surface area contributed by atoms with Crippen LogP contribution in [0.2, 0.25) is 0 Å². The third kappa shape index (κ3) is 2.29. The van der Waals surface area contributed by atoms with Crippen LogP contribution in [0.4, 0.5) is 0 Å². The highest BCUT2D eigenvalue weighted by Gasteiger charge is 2.61. The van der Waals surface area contributed by atoms with Crippen molar-refractivity contribution in [2.45, 2.75) is 64.3 Å². The van der Waals surface area contributed by atoms with Gasteiger partial charge in [0.1, 0.15) is 0 Å². The maximum atomic E-state index is 12.5. The molecule has 4 heteroatoms. The maximum absolute atomic E-state index is 12.5. The predicted octanol–water partition coefficient (Wildman–Crippen LogP) is 2.24. The normalized spacial score (nSPS) is 45.2. The zero-order valence-electron chi connectivity index (χ0n) is 11.9. The Balaban J connectivity index is 1.74. The fourth-order valence-corrected chi connectivity index (χ4v) is 5.00. The Morgan fingerprint density at radius 3 is 2.47 bits per heavy atom. The highest BCUT2D eigenvalue weighted by atomic mass is 16.7. The Morgan fingerprint density at radius 1 is 1.32 bits per heavy atom. The lowest BCUT2D eigenvalue weighted by atomic mass is 9.48. The molecule has 3 atom stereocenters. The van der Waals surface area contributed by atoms with Crippen LogP contribution in [0.3, 0.4) is 0 Å². The average molecular weight is 268 g/mol. The summed E-state index contributed by atoms with van der Waals surface area (Å²) in [7, 11) is 0. The lowest BCUT2D eigenvalue weighted by molar-refractivity contribution is -0.215. The summed E-state index contributed by atoms with van der Waals surface area (Å²) in [5.74, 6) is 0.850. The summed E-state index contributed by atoms with van der Waals surface area (Å²) < 4.78 is 10.7. The van der Waals surface area contributed by atoms with Gasteiger partial charge >= 0.3 is 5.97 Å². The van der Waals surface area contributed by atoms with Gasteiger partial charge in [-0.2, -0.15) is 0 Å². The van der Waals surface area contributed by atoms with E-state index < -0.39 is 17.3 Å². The van der Waals surface area contributed by atoms with Gasteiger partial charge in [-0.25, -0.2) is 0 Å². The molecular weight excluding hydrogens is 244 g/mol. The smallest absolute Gasteiger partial charge is 0.314 e. The Labute approximate surface area is 114 Å². The number of carbonyl (C=O) groups is 1. The van der Waals surface area contributed by atoms with Crippen LogP contribution in [-0.4, -0.2) is 29.6 Å². The lowest BCUT2D eigenvalue weighted by Gasteiger charge is -2.58. The summed E-state index contributed by atoms with van der Waals surface area (Å²) in [5.41, 5.74) is -1.05. The monoisotopic (exact) mass is 268 g/mol. The molecule has 0 heterocycles. The first-order valence-electron chi connectivity index (χ1n) is 7.50. The Morgan fingerprint density at radius 2 is 1.95 bits per heavy atom. The number of aliphatic hydroxyl groups is 1. The molecule has 4 bridgehead atoms. The van der Waals surface area contributed by atoms with E-state index in [4.69, 9.17) is 9.47 Å².